The van der Waals surface area contributed by atoms with Crippen molar-refractivity contribution in [2.75, 3.05) is 11.1 Å². The number of hydrogen-bond acceptors (Lipinski definition) is 3. The van der Waals surface area contributed by atoms with Gasteiger partial charge in [-0.2, -0.15) is 0 Å². The van der Waals surface area contributed by atoms with Gasteiger partial charge >= 0.3 is 0 Å². The smallest absolute Gasteiger partial charge is 0.119 e. The minimum Gasteiger partial charge on any atom is -0.491 e. The highest BCUT2D eigenvalue weighted by Crippen LogP contribution is 2.32. The topological polar surface area (TPSA) is 47.3 Å². The monoisotopic (exact) mass is 334 g/mol. The van der Waals surface area contributed by atoms with Gasteiger partial charge in [0, 0.05) is 10.2 Å². The van der Waals surface area contributed by atoms with Gasteiger partial charge in [0.2, 0.25) is 0 Å². The van der Waals surface area contributed by atoms with Crippen LogP contribution in [0.5, 0.6) is 5.75 Å². The number of rotatable bonds is 4. The number of ether oxygens (including phenoxy) is 1. The highest BCUT2D eigenvalue weighted by atomic mass is 79.9. The summed E-state index contributed by atoms with van der Waals surface area (Å²) in [6.45, 7) is 6.05. The molecule has 3 nitrogen and oxygen atoms in total. The predicted octanol–water partition coefficient (Wildman–Crippen LogP) is 4.87. The molecule has 106 valence electrons. The molecule has 4 heteroatoms. The summed E-state index contributed by atoms with van der Waals surface area (Å²) >= 11 is 3.52. The van der Waals surface area contributed by atoms with Gasteiger partial charge in [-0.25, -0.2) is 0 Å². The van der Waals surface area contributed by atoms with Crippen LogP contribution in [0.1, 0.15) is 19.4 Å². The van der Waals surface area contributed by atoms with Crippen LogP contribution in [0.15, 0.2) is 40.9 Å². The fourth-order valence-corrected chi connectivity index (χ4v) is 2.24. The number of benzene rings is 2. The quantitative estimate of drug-likeness (QED) is 0.784. The molecule has 0 aliphatic heterocycles. The molecule has 0 amide bonds. The Morgan fingerprint density at radius 3 is 2.35 bits per heavy atom. The average Bonchev–Trinajstić information content (AvgIpc) is 2.40. The standard InChI is InChI=1S/C16H19BrN2O/c1-10(2)20-13-6-4-12(5-7-13)19-16-11(3)14(17)8-9-15(16)18/h4-10,19H,18H2,1-3H3. The number of anilines is 3. The van der Waals surface area contributed by atoms with Crippen molar-refractivity contribution >= 4 is 33.0 Å². The van der Waals surface area contributed by atoms with Crippen molar-refractivity contribution in [3.63, 3.8) is 0 Å². The molecule has 0 aliphatic rings. The van der Waals surface area contributed by atoms with Crippen molar-refractivity contribution in [1.29, 1.82) is 0 Å². The fourth-order valence-electron chi connectivity index (χ4n) is 1.91. The van der Waals surface area contributed by atoms with Gasteiger partial charge in [0.15, 0.2) is 0 Å². The van der Waals surface area contributed by atoms with Gasteiger partial charge in [0.25, 0.3) is 0 Å². The van der Waals surface area contributed by atoms with Gasteiger partial charge in [0.1, 0.15) is 5.75 Å². The third-order valence-electron chi connectivity index (χ3n) is 2.93. The molecule has 0 radical (unpaired) electrons. The lowest BCUT2D eigenvalue weighted by molar-refractivity contribution is 0.242. The van der Waals surface area contributed by atoms with Crippen molar-refractivity contribution in [3.05, 3.63) is 46.4 Å². The van der Waals surface area contributed by atoms with Crippen LogP contribution in [0.3, 0.4) is 0 Å². The Bertz CT molecular complexity index is 594. The van der Waals surface area contributed by atoms with Crippen molar-refractivity contribution in [2.24, 2.45) is 0 Å². The van der Waals surface area contributed by atoms with Gasteiger partial charge < -0.3 is 15.8 Å². The molecular weight excluding hydrogens is 316 g/mol. The Morgan fingerprint density at radius 2 is 1.75 bits per heavy atom. The minimum absolute atomic E-state index is 0.178. The zero-order valence-electron chi connectivity index (χ0n) is 11.9. The van der Waals surface area contributed by atoms with Gasteiger partial charge in [-0.1, -0.05) is 15.9 Å². The molecule has 0 heterocycles. The lowest BCUT2D eigenvalue weighted by Crippen LogP contribution is -2.05. The Morgan fingerprint density at radius 1 is 1.10 bits per heavy atom. The summed E-state index contributed by atoms with van der Waals surface area (Å²) < 4.78 is 6.66. The highest BCUT2D eigenvalue weighted by molar-refractivity contribution is 9.10. The second-order valence-electron chi connectivity index (χ2n) is 4.95. The third kappa shape index (κ3) is 3.45. The second kappa shape index (κ2) is 6.18. The largest absolute Gasteiger partial charge is 0.491 e. The van der Waals surface area contributed by atoms with Crippen LogP contribution in [0, 0.1) is 6.92 Å². The molecule has 2 rings (SSSR count). The zero-order valence-corrected chi connectivity index (χ0v) is 13.5. The molecule has 0 unspecified atom stereocenters. The van der Waals surface area contributed by atoms with E-state index < -0.39 is 0 Å². The maximum Gasteiger partial charge on any atom is 0.119 e. The van der Waals surface area contributed by atoms with Crippen LogP contribution in [0.4, 0.5) is 17.1 Å². The van der Waals surface area contributed by atoms with Crippen LogP contribution in [0.25, 0.3) is 0 Å². The molecule has 0 saturated heterocycles. The van der Waals surface area contributed by atoms with Gasteiger partial charge in [-0.15, -0.1) is 0 Å². The Hall–Kier alpha value is -1.68. The van der Waals surface area contributed by atoms with E-state index >= 15 is 0 Å². The van der Waals surface area contributed by atoms with E-state index in [2.05, 4.69) is 21.2 Å². The number of nitrogens with one attached hydrogen (secondary N) is 1. The van der Waals surface area contributed by atoms with E-state index in [1.807, 2.05) is 57.2 Å². The van der Waals surface area contributed by atoms with E-state index in [4.69, 9.17) is 10.5 Å². The van der Waals surface area contributed by atoms with E-state index in [1.54, 1.807) is 0 Å². The lowest BCUT2D eigenvalue weighted by atomic mass is 10.1. The molecule has 0 saturated carbocycles. The maximum atomic E-state index is 6.03. The van der Waals surface area contributed by atoms with Crippen molar-refractivity contribution < 1.29 is 4.74 Å². The van der Waals surface area contributed by atoms with Crippen LogP contribution in [0.2, 0.25) is 0 Å². The molecule has 3 N–H and O–H groups in total. The zero-order chi connectivity index (χ0) is 14.7. The highest BCUT2D eigenvalue weighted by Gasteiger charge is 2.07. The summed E-state index contributed by atoms with van der Waals surface area (Å²) in [7, 11) is 0. The van der Waals surface area contributed by atoms with E-state index in [-0.39, 0.29) is 6.10 Å². The Kier molecular flexibility index (Phi) is 4.55. The molecule has 0 bridgehead atoms. The number of nitrogens with two attached hydrogens (primary N) is 1. The van der Waals surface area contributed by atoms with Crippen LogP contribution in [-0.4, -0.2) is 6.10 Å². The summed E-state index contributed by atoms with van der Waals surface area (Å²) in [5.41, 5.74) is 9.75. The Labute approximate surface area is 128 Å². The Balaban J connectivity index is 2.20. The summed E-state index contributed by atoms with van der Waals surface area (Å²) in [6.07, 6.45) is 0.178. The van der Waals surface area contributed by atoms with Crippen molar-refractivity contribution in [2.45, 2.75) is 26.9 Å². The third-order valence-corrected chi connectivity index (χ3v) is 3.79. The lowest BCUT2D eigenvalue weighted by Gasteiger charge is -2.15. The first kappa shape index (κ1) is 14.7. The van der Waals surface area contributed by atoms with Crippen LogP contribution >= 0.6 is 15.9 Å². The predicted molar refractivity (Wildman–Crippen MR) is 88.8 cm³/mol. The molecule has 2 aromatic rings. The van der Waals surface area contributed by atoms with Crippen molar-refractivity contribution in [1.82, 2.24) is 0 Å². The van der Waals surface area contributed by atoms with Gasteiger partial charge in [-0.3, -0.25) is 0 Å². The molecule has 0 aromatic heterocycles. The normalized spacial score (nSPS) is 10.7. The first-order chi connectivity index (χ1) is 9.47. The average molecular weight is 335 g/mol. The second-order valence-corrected chi connectivity index (χ2v) is 5.81. The van der Waals surface area contributed by atoms with E-state index in [1.165, 1.54) is 0 Å². The first-order valence-corrected chi connectivity index (χ1v) is 7.35. The van der Waals surface area contributed by atoms with E-state index in [0.29, 0.717) is 0 Å². The molecule has 20 heavy (non-hydrogen) atoms. The fraction of sp³-hybridized carbons (Fsp3) is 0.250. The van der Waals surface area contributed by atoms with Crippen LogP contribution in [-0.2, 0) is 0 Å². The first-order valence-electron chi connectivity index (χ1n) is 6.55. The summed E-state index contributed by atoms with van der Waals surface area (Å²) in [4.78, 5) is 0. The van der Waals surface area contributed by atoms with Gasteiger partial charge in [0.05, 0.1) is 17.5 Å². The SMILES string of the molecule is Cc1c(Br)ccc(N)c1Nc1ccc(OC(C)C)cc1. The molecule has 0 atom stereocenters. The van der Waals surface area contributed by atoms with E-state index in [9.17, 15) is 0 Å². The molecule has 2 aromatic carbocycles. The molecule has 0 aliphatic carbocycles. The number of nitrogen functional groups attached to an aromatic ring is 1. The summed E-state index contributed by atoms with van der Waals surface area (Å²) in [5.74, 6) is 0.865. The van der Waals surface area contributed by atoms with Crippen LogP contribution < -0.4 is 15.8 Å². The van der Waals surface area contributed by atoms with Crippen molar-refractivity contribution in [3.8, 4) is 5.75 Å². The number of halogens is 1. The maximum absolute atomic E-state index is 6.03. The summed E-state index contributed by atoms with van der Waals surface area (Å²) in [5, 5.41) is 3.35. The summed E-state index contributed by atoms with van der Waals surface area (Å²) in [6, 6.07) is 11.7. The van der Waals surface area contributed by atoms with Gasteiger partial charge in [-0.05, 0) is 62.7 Å². The minimum atomic E-state index is 0.178. The molecular formula is C16H19BrN2O. The molecule has 0 fully saturated rings. The molecule has 0 spiro atoms. The number of hydrogen-bond donors (Lipinski definition) is 2. The van der Waals surface area contributed by atoms with E-state index in [0.717, 1.165) is 32.8 Å².